The number of aromatic nitrogens is 4. The van der Waals surface area contributed by atoms with Crippen molar-refractivity contribution in [3.05, 3.63) is 146 Å². The molecule has 7 aromatic carbocycles. The molecule has 0 aliphatic carbocycles. The molecule has 0 atom stereocenters. The third-order valence-corrected chi connectivity index (χ3v) is 10.7. The summed E-state index contributed by atoms with van der Waals surface area (Å²) in [5.41, 5.74) is 5.19. The van der Waals surface area contributed by atoms with E-state index < -0.39 is 0 Å². The summed E-state index contributed by atoms with van der Waals surface area (Å²) in [6.07, 6.45) is 0. The number of benzene rings is 7. The summed E-state index contributed by atoms with van der Waals surface area (Å²) in [5.74, 6) is 1.99. The molecule has 5 heteroatoms. The molecule has 0 spiro atoms. The van der Waals surface area contributed by atoms with Crippen LogP contribution in [0.5, 0.6) is 0 Å². The monoisotopic (exact) mass is 640 g/mol. The zero-order valence-electron chi connectivity index (χ0n) is 24.1. The van der Waals surface area contributed by atoms with Gasteiger partial charge in [-0.25, -0.2) is 0 Å². The zero-order chi connectivity index (χ0) is 29.7. The number of hydrogen-bond acceptors (Lipinski definition) is 4. The Morgan fingerprint density at radius 3 is 1.67 bits per heavy atom. The van der Waals surface area contributed by atoms with Gasteiger partial charge in [0.15, 0.2) is 0 Å². The molecular weight excluding hydrogens is 615 g/mol. The van der Waals surface area contributed by atoms with Crippen LogP contribution in [0.4, 0.5) is 0 Å². The Morgan fingerprint density at radius 1 is 0.378 bits per heavy atom. The van der Waals surface area contributed by atoms with Crippen LogP contribution in [-0.4, -0.2) is 34.4 Å². The van der Waals surface area contributed by atoms with Gasteiger partial charge in [-0.2, -0.15) is 0 Å². The second kappa shape index (κ2) is 10.6. The average Bonchev–Trinajstić information content (AvgIpc) is 3.56. The van der Waals surface area contributed by atoms with E-state index in [0.717, 1.165) is 27.6 Å². The first-order valence-electron chi connectivity index (χ1n) is 14.9. The summed E-state index contributed by atoms with van der Waals surface area (Å²) >= 11 is 0.0652. The minimum absolute atomic E-state index is 0.0652. The van der Waals surface area contributed by atoms with Crippen LogP contribution in [-0.2, 0) is 0 Å². The molecule has 0 unspecified atom stereocenters. The van der Waals surface area contributed by atoms with Crippen molar-refractivity contribution in [2.45, 2.75) is 0 Å². The molecular formula is C40H24N4Se. The van der Waals surface area contributed by atoms with Crippen LogP contribution in [0.25, 0.3) is 86.4 Å². The summed E-state index contributed by atoms with van der Waals surface area (Å²) in [5, 5.41) is 7.46. The van der Waals surface area contributed by atoms with Crippen LogP contribution in [0.3, 0.4) is 0 Å². The summed E-state index contributed by atoms with van der Waals surface area (Å²) in [6, 6.07) is 50.8. The molecule has 0 saturated carbocycles. The molecule has 0 radical (unpaired) electrons. The molecule has 2 aromatic heterocycles. The molecule has 0 amide bonds. The van der Waals surface area contributed by atoms with Crippen molar-refractivity contribution >= 4 is 56.6 Å². The summed E-state index contributed by atoms with van der Waals surface area (Å²) in [4.78, 5) is 19.9. The van der Waals surface area contributed by atoms with Gasteiger partial charge in [0.05, 0.1) is 0 Å². The van der Waals surface area contributed by atoms with Crippen LogP contribution in [0.15, 0.2) is 146 Å². The topological polar surface area (TPSA) is 51.6 Å². The first-order valence-corrected chi connectivity index (χ1v) is 16.6. The standard InChI is InChI=1S/C40H24N4Se/c1-3-11-25(12-4-1)37-42-38(26-13-5-2-6-14-26)44-39(43-37)29-19-21-31-28(23-29)20-22-35-36(31)45-40(41-35)34-24-27-15-7-8-16-30(27)32-17-9-10-18-33(32)34/h1-24H. The van der Waals surface area contributed by atoms with E-state index in [0.29, 0.717) is 17.5 Å². The Bertz CT molecular complexity index is 2480. The maximum atomic E-state index is 5.21. The second-order valence-electron chi connectivity index (χ2n) is 11.1. The van der Waals surface area contributed by atoms with Gasteiger partial charge in [-0.3, -0.25) is 0 Å². The molecule has 9 rings (SSSR count). The first kappa shape index (κ1) is 26.0. The van der Waals surface area contributed by atoms with E-state index in [2.05, 4.69) is 84.9 Å². The van der Waals surface area contributed by atoms with Gasteiger partial charge in [-0.15, -0.1) is 0 Å². The zero-order valence-corrected chi connectivity index (χ0v) is 25.8. The number of nitrogens with zero attached hydrogens (tertiary/aromatic N) is 4. The summed E-state index contributed by atoms with van der Waals surface area (Å²) in [7, 11) is 0. The average molecular weight is 640 g/mol. The van der Waals surface area contributed by atoms with Gasteiger partial charge in [0.25, 0.3) is 0 Å². The van der Waals surface area contributed by atoms with Crippen molar-refractivity contribution < 1.29 is 0 Å². The van der Waals surface area contributed by atoms with Crippen molar-refractivity contribution in [3.63, 3.8) is 0 Å². The van der Waals surface area contributed by atoms with E-state index in [4.69, 9.17) is 19.9 Å². The predicted octanol–water partition coefficient (Wildman–Crippen LogP) is 9.60. The Kier molecular flexibility index (Phi) is 6.12. The van der Waals surface area contributed by atoms with Crippen LogP contribution in [0.1, 0.15) is 0 Å². The van der Waals surface area contributed by atoms with E-state index in [1.54, 1.807) is 0 Å². The van der Waals surface area contributed by atoms with Gasteiger partial charge in [0.1, 0.15) is 0 Å². The van der Waals surface area contributed by atoms with E-state index in [1.807, 2.05) is 60.7 Å². The number of hydrogen-bond donors (Lipinski definition) is 0. The normalized spacial score (nSPS) is 11.6. The molecule has 0 bridgehead atoms. The molecule has 2 heterocycles. The molecule has 0 saturated heterocycles. The van der Waals surface area contributed by atoms with Gasteiger partial charge in [-0.05, 0) is 0 Å². The first-order chi connectivity index (χ1) is 22.3. The third-order valence-electron chi connectivity index (χ3n) is 8.33. The predicted molar refractivity (Wildman–Crippen MR) is 186 cm³/mol. The fraction of sp³-hybridized carbons (Fsp3) is 0. The van der Waals surface area contributed by atoms with Crippen molar-refractivity contribution in [3.8, 4) is 44.3 Å². The molecule has 0 aliphatic rings. The molecule has 0 aliphatic heterocycles. The molecule has 0 fully saturated rings. The van der Waals surface area contributed by atoms with Gasteiger partial charge < -0.3 is 0 Å². The molecule has 9 aromatic rings. The van der Waals surface area contributed by atoms with E-state index in [1.165, 1.54) is 41.3 Å². The van der Waals surface area contributed by atoms with Crippen LogP contribution < -0.4 is 0 Å². The van der Waals surface area contributed by atoms with Crippen molar-refractivity contribution in [2.75, 3.05) is 0 Å². The van der Waals surface area contributed by atoms with E-state index in [9.17, 15) is 0 Å². The number of fused-ring (bicyclic) bond motifs is 6. The van der Waals surface area contributed by atoms with Gasteiger partial charge in [0.2, 0.25) is 0 Å². The van der Waals surface area contributed by atoms with Crippen LogP contribution in [0.2, 0.25) is 0 Å². The quantitative estimate of drug-likeness (QED) is 0.142. The summed E-state index contributed by atoms with van der Waals surface area (Å²) in [6.45, 7) is 0. The minimum atomic E-state index is 0.0652. The van der Waals surface area contributed by atoms with Crippen LogP contribution >= 0.6 is 0 Å². The fourth-order valence-electron chi connectivity index (χ4n) is 6.14. The van der Waals surface area contributed by atoms with Crippen molar-refractivity contribution in [1.82, 2.24) is 19.9 Å². The Balaban J connectivity index is 1.19. The van der Waals surface area contributed by atoms with E-state index >= 15 is 0 Å². The van der Waals surface area contributed by atoms with Gasteiger partial charge >= 0.3 is 266 Å². The Morgan fingerprint density at radius 2 is 0.956 bits per heavy atom. The van der Waals surface area contributed by atoms with Gasteiger partial charge in [0, 0.05) is 0 Å². The molecule has 210 valence electrons. The number of rotatable bonds is 4. The van der Waals surface area contributed by atoms with E-state index in [-0.39, 0.29) is 14.5 Å². The maximum absolute atomic E-state index is 5.21. The second-order valence-corrected chi connectivity index (χ2v) is 13.2. The Hall–Kier alpha value is -5.48. The van der Waals surface area contributed by atoms with Gasteiger partial charge in [-0.1, -0.05) is 0 Å². The molecule has 0 N–H and O–H groups in total. The summed E-state index contributed by atoms with van der Waals surface area (Å²) < 4.78 is 2.50. The van der Waals surface area contributed by atoms with Crippen molar-refractivity contribution in [2.24, 2.45) is 0 Å². The fourth-order valence-corrected chi connectivity index (χ4v) is 8.51. The third kappa shape index (κ3) is 4.53. The molecule has 45 heavy (non-hydrogen) atoms. The van der Waals surface area contributed by atoms with Crippen LogP contribution in [0, 0.1) is 0 Å². The van der Waals surface area contributed by atoms with Crippen molar-refractivity contribution in [1.29, 1.82) is 0 Å². The molecule has 4 nitrogen and oxygen atoms in total. The SMILES string of the molecule is c1ccc(-c2nc(-c3ccccc3)nc(-c3ccc4c(ccc5nc(-c6cc7ccccc7c7ccccc67)[se]c54)c3)n2)cc1. The Labute approximate surface area is 265 Å².